The number of anilines is 2. The van der Waals surface area contributed by atoms with Gasteiger partial charge >= 0.3 is 0 Å². The van der Waals surface area contributed by atoms with E-state index < -0.39 is 11.6 Å². The summed E-state index contributed by atoms with van der Waals surface area (Å²) >= 11 is 5.88. The van der Waals surface area contributed by atoms with Crippen molar-refractivity contribution in [1.29, 1.82) is 0 Å². The zero-order valence-electron chi connectivity index (χ0n) is 21.1. The van der Waals surface area contributed by atoms with Gasteiger partial charge in [0.25, 0.3) is 0 Å². The van der Waals surface area contributed by atoms with Gasteiger partial charge in [0.2, 0.25) is 11.9 Å². The minimum Gasteiger partial charge on any atom is -0.490 e. The lowest BCUT2D eigenvalue weighted by molar-refractivity contribution is 0.277. The summed E-state index contributed by atoms with van der Waals surface area (Å²) in [6, 6.07) is 3.17. The average molecular weight is 544 g/mol. The predicted molar refractivity (Wildman–Crippen MR) is 143 cm³/mol. The fourth-order valence-corrected chi connectivity index (χ4v) is 5.45. The minimum atomic E-state index is -0.454. The molecule has 2 aliphatic heterocycles. The van der Waals surface area contributed by atoms with Gasteiger partial charge in [-0.2, -0.15) is 0 Å². The van der Waals surface area contributed by atoms with Crippen molar-refractivity contribution in [3.05, 3.63) is 65.2 Å². The number of hydrogen-bond donors (Lipinski definition) is 1. The summed E-state index contributed by atoms with van der Waals surface area (Å²) in [6.07, 6.45) is 11.5. The van der Waals surface area contributed by atoms with E-state index in [0.717, 1.165) is 56.9 Å². The van der Waals surface area contributed by atoms with Gasteiger partial charge in [-0.3, -0.25) is 0 Å². The largest absolute Gasteiger partial charge is 0.490 e. The van der Waals surface area contributed by atoms with Crippen LogP contribution in [0.3, 0.4) is 0 Å². The van der Waals surface area contributed by atoms with Crippen LogP contribution in [0.25, 0.3) is 0 Å². The molecule has 2 saturated heterocycles. The Balaban J connectivity index is 1.03. The summed E-state index contributed by atoms with van der Waals surface area (Å²) in [6.45, 7) is 3.57. The van der Waals surface area contributed by atoms with Gasteiger partial charge < -0.3 is 20.3 Å². The number of halogens is 3. The van der Waals surface area contributed by atoms with Crippen molar-refractivity contribution in [2.45, 2.75) is 44.1 Å². The standard InChI is InChI=1S/C27H32ClF2N7O/c28-19-13-32-26(33-14-19)36-8-5-18(6-9-36)2-1-11-38-21-15-34-27(35-16-21)37-10-7-22(25(31)17-37)23-12-20(29)3-4-24(23)30/h3-4,12-16,18,22,25H,1-2,5-11,17,31H2/t22-,25+/m0/s1. The SMILES string of the molecule is N[C@@H]1CN(c2ncc(OCCCC3CCN(c4ncc(Cl)cn4)CC3)cn2)CC[C@H]1c1cc(F)ccc1F. The maximum atomic E-state index is 14.2. The molecule has 202 valence electrons. The number of aromatic nitrogens is 4. The Morgan fingerprint density at radius 2 is 1.58 bits per heavy atom. The van der Waals surface area contributed by atoms with Crippen molar-refractivity contribution in [2.24, 2.45) is 11.7 Å². The summed E-state index contributed by atoms with van der Waals surface area (Å²) in [5, 5.41) is 0.549. The van der Waals surface area contributed by atoms with Crippen molar-refractivity contribution in [3.63, 3.8) is 0 Å². The van der Waals surface area contributed by atoms with Gasteiger partial charge in [0.15, 0.2) is 5.75 Å². The molecule has 2 atom stereocenters. The quantitative estimate of drug-likeness (QED) is 0.412. The molecule has 0 saturated carbocycles. The summed E-state index contributed by atoms with van der Waals surface area (Å²) in [4.78, 5) is 21.7. The number of ether oxygens (including phenoxy) is 1. The number of piperidine rings is 2. The third-order valence-electron chi connectivity index (χ3n) is 7.44. The zero-order valence-corrected chi connectivity index (χ0v) is 21.9. The Bertz CT molecular complexity index is 1190. The monoisotopic (exact) mass is 543 g/mol. The van der Waals surface area contributed by atoms with E-state index in [1.807, 2.05) is 4.90 Å². The number of benzene rings is 1. The molecule has 0 unspecified atom stereocenters. The second-order valence-corrected chi connectivity index (χ2v) is 10.4. The van der Waals surface area contributed by atoms with E-state index in [9.17, 15) is 8.78 Å². The van der Waals surface area contributed by atoms with Gasteiger partial charge in [-0.1, -0.05) is 11.6 Å². The third-order valence-corrected chi connectivity index (χ3v) is 7.64. The summed E-state index contributed by atoms with van der Waals surface area (Å²) < 4.78 is 33.7. The Hall–Kier alpha value is -3.11. The fourth-order valence-electron chi connectivity index (χ4n) is 5.35. The fraction of sp³-hybridized carbons (Fsp3) is 0.481. The molecule has 3 aromatic rings. The number of hydrogen-bond acceptors (Lipinski definition) is 8. The molecule has 2 aromatic heterocycles. The number of nitrogens with two attached hydrogens (primary N) is 1. The van der Waals surface area contributed by atoms with Gasteiger partial charge in [0.1, 0.15) is 11.6 Å². The van der Waals surface area contributed by atoms with Gasteiger partial charge in [-0.25, -0.2) is 28.7 Å². The van der Waals surface area contributed by atoms with E-state index in [1.165, 1.54) is 6.07 Å². The average Bonchev–Trinajstić information content (AvgIpc) is 2.94. The molecule has 2 N–H and O–H groups in total. The van der Waals surface area contributed by atoms with Crippen LogP contribution in [-0.4, -0.2) is 58.8 Å². The lowest BCUT2D eigenvalue weighted by atomic mass is 9.85. The molecule has 5 rings (SSSR count). The normalized spacial score (nSPS) is 20.5. The van der Waals surface area contributed by atoms with E-state index in [-0.39, 0.29) is 12.0 Å². The molecule has 0 amide bonds. The molecule has 0 spiro atoms. The van der Waals surface area contributed by atoms with Crippen LogP contribution in [0.5, 0.6) is 5.75 Å². The Morgan fingerprint density at radius 1 is 0.921 bits per heavy atom. The first-order chi connectivity index (χ1) is 18.5. The maximum Gasteiger partial charge on any atom is 0.225 e. The molecule has 0 bridgehead atoms. The second-order valence-electron chi connectivity index (χ2n) is 10.0. The van der Waals surface area contributed by atoms with Crippen LogP contribution in [0, 0.1) is 17.6 Å². The van der Waals surface area contributed by atoms with Crippen LogP contribution >= 0.6 is 11.6 Å². The molecular formula is C27H32ClF2N7O. The van der Waals surface area contributed by atoms with Crippen molar-refractivity contribution in [3.8, 4) is 5.75 Å². The van der Waals surface area contributed by atoms with Crippen molar-refractivity contribution in [2.75, 3.05) is 42.6 Å². The van der Waals surface area contributed by atoms with Crippen molar-refractivity contribution in [1.82, 2.24) is 19.9 Å². The topological polar surface area (TPSA) is 93.3 Å². The van der Waals surface area contributed by atoms with Crippen LogP contribution in [0.2, 0.25) is 5.02 Å². The summed E-state index contributed by atoms with van der Waals surface area (Å²) in [5.74, 6) is 1.47. The number of nitrogens with zero attached hydrogens (tertiary/aromatic N) is 6. The molecule has 8 nitrogen and oxygen atoms in total. The van der Waals surface area contributed by atoms with Crippen LogP contribution in [0.4, 0.5) is 20.7 Å². The van der Waals surface area contributed by atoms with E-state index in [4.69, 9.17) is 22.1 Å². The molecule has 0 radical (unpaired) electrons. The first-order valence-electron chi connectivity index (χ1n) is 13.1. The van der Waals surface area contributed by atoms with Gasteiger partial charge in [-0.15, -0.1) is 0 Å². The molecule has 1 aromatic carbocycles. The highest BCUT2D eigenvalue weighted by Gasteiger charge is 2.31. The summed E-state index contributed by atoms with van der Waals surface area (Å²) in [5.41, 5.74) is 6.68. The first kappa shape index (κ1) is 26.5. The maximum absolute atomic E-state index is 14.2. The molecule has 4 heterocycles. The van der Waals surface area contributed by atoms with Gasteiger partial charge in [0, 0.05) is 38.1 Å². The zero-order chi connectivity index (χ0) is 26.5. The van der Waals surface area contributed by atoms with Crippen LogP contribution in [-0.2, 0) is 0 Å². The van der Waals surface area contributed by atoms with E-state index >= 15 is 0 Å². The van der Waals surface area contributed by atoms with E-state index in [1.54, 1.807) is 24.8 Å². The van der Waals surface area contributed by atoms with E-state index in [2.05, 4.69) is 24.8 Å². The van der Waals surface area contributed by atoms with Crippen LogP contribution < -0.4 is 20.3 Å². The molecule has 2 fully saturated rings. The van der Waals surface area contributed by atoms with Gasteiger partial charge in [-0.05, 0) is 61.8 Å². The van der Waals surface area contributed by atoms with Crippen molar-refractivity contribution < 1.29 is 13.5 Å². The van der Waals surface area contributed by atoms with Crippen molar-refractivity contribution >= 4 is 23.5 Å². The third kappa shape index (κ3) is 6.47. The molecular weight excluding hydrogens is 512 g/mol. The Labute approximate surface area is 226 Å². The second kappa shape index (κ2) is 12.2. The van der Waals surface area contributed by atoms with Gasteiger partial charge in [0.05, 0.1) is 36.4 Å². The predicted octanol–water partition coefficient (Wildman–Crippen LogP) is 4.60. The highest BCUT2D eigenvalue weighted by molar-refractivity contribution is 6.30. The smallest absolute Gasteiger partial charge is 0.225 e. The highest BCUT2D eigenvalue weighted by Crippen LogP contribution is 2.31. The highest BCUT2D eigenvalue weighted by atomic mass is 35.5. The number of rotatable bonds is 8. The first-order valence-corrected chi connectivity index (χ1v) is 13.5. The molecule has 2 aliphatic rings. The molecule has 38 heavy (non-hydrogen) atoms. The molecule has 0 aliphatic carbocycles. The van der Waals surface area contributed by atoms with Crippen LogP contribution in [0.1, 0.15) is 43.6 Å². The Morgan fingerprint density at radius 3 is 2.29 bits per heavy atom. The van der Waals surface area contributed by atoms with E-state index in [0.29, 0.717) is 54.3 Å². The van der Waals surface area contributed by atoms with Crippen LogP contribution in [0.15, 0.2) is 43.0 Å². The summed E-state index contributed by atoms with van der Waals surface area (Å²) in [7, 11) is 0. The molecule has 11 heteroatoms. The minimum absolute atomic E-state index is 0.248. The lowest BCUT2D eigenvalue weighted by Crippen LogP contribution is -2.48. The lowest BCUT2D eigenvalue weighted by Gasteiger charge is -2.37. The Kier molecular flexibility index (Phi) is 8.48.